The molecule has 1 heterocycles. The van der Waals surface area contributed by atoms with Gasteiger partial charge < -0.3 is 16.3 Å². The topological polar surface area (TPSA) is 70.3 Å². The molecule has 74 valence electrons. The smallest absolute Gasteiger partial charge is 0.114 e. The third-order valence-electron chi connectivity index (χ3n) is 2.29. The van der Waals surface area contributed by atoms with Crippen LogP contribution in [0.3, 0.4) is 0 Å². The lowest BCUT2D eigenvalue weighted by Gasteiger charge is -2.11. The molecule has 0 amide bonds. The summed E-state index contributed by atoms with van der Waals surface area (Å²) in [5.74, 6) is 0.515. The first-order valence-electron chi connectivity index (χ1n) is 4.49. The van der Waals surface area contributed by atoms with Crippen molar-refractivity contribution in [2.75, 3.05) is 6.54 Å². The van der Waals surface area contributed by atoms with Crippen molar-refractivity contribution in [3.8, 4) is 0 Å². The Balaban J connectivity index is 2.24. The van der Waals surface area contributed by atoms with Crippen molar-refractivity contribution < 1.29 is 5.11 Å². The fourth-order valence-electron chi connectivity index (χ4n) is 1.49. The van der Waals surface area contributed by atoms with Crippen molar-refractivity contribution in [2.45, 2.75) is 6.10 Å². The van der Waals surface area contributed by atoms with E-state index < -0.39 is 6.10 Å². The van der Waals surface area contributed by atoms with Crippen LogP contribution in [0.1, 0.15) is 11.7 Å². The highest BCUT2D eigenvalue weighted by atomic mass is 16.3. The Kier molecular flexibility index (Phi) is 2.39. The lowest BCUT2D eigenvalue weighted by atomic mass is 10.0. The van der Waals surface area contributed by atoms with Crippen LogP contribution in [0.15, 0.2) is 41.7 Å². The highest BCUT2D eigenvalue weighted by Crippen LogP contribution is 2.22. The lowest BCUT2D eigenvalue weighted by Crippen LogP contribution is -2.26. The molecule has 1 atom stereocenters. The Morgan fingerprint density at radius 1 is 1.29 bits per heavy atom. The zero-order valence-corrected chi connectivity index (χ0v) is 7.70. The second-order valence-electron chi connectivity index (χ2n) is 3.23. The summed E-state index contributed by atoms with van der Waals surface area (Å²) in [6.45, 7) is 0.571. The number of aliphatic hydroxyl groups is 1. The monoisotopic (exact) mass is 191 g/mol. The van der Waals surface area contributed by atoms with Crippen LogP contribution in [0.5, 0.6) is 0 Å². The molecule has 4 heteroatoms. The van der Waals surface area contributed by atoms with Gasteiger partial charge in [-0.15, -0.1) is 0 Å². The van der Waals surface area contributed by atoms with E-state index in [1.807, 2.05) is 30.3 Å². The molecule has 1 unspecified atom stereocenters. The van der Waals surface area contributed by atoms with Crippen molar-refractivity contribution in [1.29, 1.82) is 0 Å². The number of hydrogen-bond donors (Lipinski definition) is 4. The molecule has 0 saturated heterocycles. The molecule has 0 bridgehead atoms. The Morgan fingerprint density at radius 2 is 2.00 bits per heavy atom. The summed E-state index contributed by atoms with van der Waals surface area (Å²) in [6.07, 6.45) is -0.626. The number of hydrazine groups is 1. The molecule has 4 nitrogen and oxygen atoms in total. The maximum Gasteiger partial charge on any atom is 0.114 e. The molecule has 14 heavy (non-hydrogen) atoms. The van der Waals surface area contributed by atoms with E-state index in [0.717, 1.165) is 11.1 Å². The van der Waals surface area contributed by atoms with Crippen LogP contribution in [0.4, 0.5) is 0 Å². The third kappa shape index (κ3) is 1.57. The van der Waals surface area contributed by atoms with Crippen molar-refractivity contribution in [1.82, 2.24) is 10.9 Å². The average Bonchev–Trinajstić information content (AvgIpc) is 2.65. The SMILES string of the molecule is NC1=C(C(O)c2ccccc2)CNN1. The zero-order valence-electron chi connectivity index (χ0n) is 7.70. The molecule has 5 N–H and O–H groups in total. The Hall–Kier alpha value is -1.52. The minimum atomic E-state index is -0.626. The van der Waals surface area contributed by atoms with Gasteiger partial charge in [-0.25, -0.2) is 5.43 Å². The fourth-order valence-corrected chi connectivity index (χ4v) is 1.49. The Labute approximate surface area is 82.4 Å². The van der Waals surface area contributed by atoms with E-state index in [2.05, 4.69) is 10.9 Å². The Bertz CT molecular complexity index is 348. The van der Waals surface area contributed by atoms with Crippen molar-refractivity contribution in [3.05, 3.63) is 47.3 Å². The van der Waals surface area contributed by atoms with E-state index in [-0.39, 0.29) is 0 Å². The van der Waals surface area contributed by atoms with Gasteiger partial charge in [0.2, 0.25) is 0 Å². The van der Waals surface area contributed by atoms with Gasteiger partial charge in [-0.05, 0) is 5.56 Å². The summed E-state index contributed by atoms with van der Waals surface area (Å²) in [7, 11) is 0. The minimum Gasteiger partial charge on any atom is -0.384 e. The van der Waals surface area contributed by atoms with Gasteiger partial charge >= 0.3 is 0 Å². The fraction of sp³-hybridized carbons (Fsp3) is 0.200. The third-order valence-corrected chi connectivity index (χ3v) is 2.29. The summed E-state index contributed by atoms with van der Waals surface area (Å²) < 4.78 is 0. The largest absolute Gasteiger partial charge is 0.384 e. The van der Waals surface area contributed by atoms with Crippen LogP contribution >= 0.6 is 0 Å². The average molecular weight is 191 g/mol. The van der Waals surface area contributed by atoms with Crippen LogP contribution in [0.25, 0.3) is 0 Å². The molecule has 0 aromatic heterocycles. The molecule has 0 aliphatic carbocycles. The van der Waals surface area contributed by atoms with E-state index >= 15 is 0 Å². The highest BCUT2D eigenvalue weighted by Gasteiger charge is 2.19. The summed E-state index contributed by atoms with van der Waals surface area (Å²) in [6, 6.07) is 9.46. The number of benzene rings is 1. The maximum atomic E-state index is 9.97. The molecule has 1 aliphatic rings. The zero-order chi connectivity index (χ0) is 9.97. The predicted molar refractivity (Wildman–Crippen MR) is 53.8 cm³/mol. The van der Waals surface area contributed by atoms with Gasteiger partial charge in [0.1, 0.15) is 11.9 Å². The minimum absolute atomic E-state index is 0.515. The van der Waals surface area contributed by atoms with Gasteiger partial charge in [-0.2, -0.15) is 0 Å². The van der Waals surface area contributed by atoms with E-state index in [0.29, 0.717) is 12.4 Å². The summed E-state index contributed by atoms with van der Waals surface area (Å²) >= 11 is 0. The summed E-state index contributed by atoms with van der Waals surface area (Å²) in [5, 5.41) is 9.97. The van der Waals surface area contributed by atoms with E-state index in [1.165, 1.54) is 0 Å². The molecule has 0 fully saturated rings. The standard InChI is InChI=1S/C10H13N3O/c11-10-8(6-12-13-10)9(14)7-4-2-1-3-5-7/h1-5,9,12-14H,6,11H2. The summed E-state index contributed by atoms with van der Waals surface area (Å²) in [4.78, 5) is 0. The molecular weight excluding hydrogens is 178 g/mol. The van der Waals surface area contributed by atoms with Gasteiger partial charge in [0.05, 0.1) is 0 Å². The van der Waals surface area contributed by atoms with E-state index in [4.69, 9.17) is 5.73 Å². The molecule has 1 aliphatic heterocycles. The molecule has 1 aromatic rings. The first-order valence-corrected chi connectivity index (χ1v) is 4.49. The van der Waals surface area contributed by atoms with E-state index in [9.17, 15) is 5.11 Å². The second-order valence-corrected chi connectivity index (χ2v) is 3.23. The first kappa shape index (κ1) is 9.05. The van der Waals surface area contributed by atoms with Crippen LogP contribution < -0.4 is 16.6 Å². The quantitative estimate of drug-likeness (QED) is 0.531. The molecule has 1 aromatic carbocycles. The number of rotatable bonds is 2. The van der Waals surface area contributed by atoms with Gasteiger partial charge in [0.25, 0.3) is 0 Å². The van der Waals surface area contributed by atoms with Crippen LogP contribution in [-0.2, 0) is 0 Å². The van der Waals surface area contributed by atoms with Crippen molar-refractivity contribution in [2.24, 2.45) is 5.73 Å². The number of aliphatic hydroxyl groups excluding tert-OH is 1. The molecule has 2 rings (SSSR count). The molecule has 0 spiro atoms. The normalized spacial score (nSPS) is 18.1. The van der Waals surface area contributed by atoms with Gasteiger partial charge in [-0.3, -0.25) is 0 Å². The molecule has 0 saturated carbocycles. The highest BCUT2D eigenvalue weighted by molar-refractivity contribution is 5.30. The number of hydrogen-bond acceptors (Lipinski definition) is 4. The predicted octanol–water partition coefficient (Wildman–Crippen LogP) is -0.00190. The van der Waals surface area contributed by atoms with Gasteiger partial charge in [0.15, 0.2) is 0 Å². The Morgan fingerprint density at radius 3 is 2.57 bits per heavy atom. The molecular formula is C10H13N3O. The number of nitrogens with one attached hydrogen (secondary N) is 2. The van der Waals surface area contributed by atoms with Gasteiger partial charge in [0, 0.05) is 12.1 Å². The van der Waals surface area contributed by atoms with Crippen molar-refractivity contribution >= 4 is 0 Å². The van der Waals surface area contributed by atoms with E-state index in [1.54, 1.807) is 0 Å². The van der Waals surface area contributed by atoms with Crippen LogP contribution in [0.2, 0.25) is 0 Å². The van der Waals surface area contributed by atoms with Gasteiger partial charge in [-0.1, -0.05) is 30.3 Å². The van der Waals surface area contributed by atoms with Crippen LogP contribution in [-0.4, -0.2) is 11.7 Å². The summed E-state index contributed by atoms with van der Waals surface area (Å²) in [5.41, 5.74) is 12.9. The second kappa shape index (κ2) is 3.69. The lowest BCUT2D eigenvalue weighted by molar-refractivity contribution is 0.213. The first-order chi connectivity index (χ1) is 6.79. The van der Waals surface area contributed by atoms with Crippen LogP contribution in [0, 0.1) is 0 Å². The van der Waals surface area contributed by atoms with Crippen molar-refractivity contribution in [3.63, 3.8) is 0 Å². The number of nitrogens with two attached hydrogens (primary N) is 1. The molecule has 0 radical (unpaired) electrons. The maximum absolute atomic E-state index is 9.97.